The lowest BCUT2D eigenvalue weighted by Crippen LogP contribution is -1.98. The topological polar surface area (TPSA) is 36.2 Å². The van der Waals surface area contributed by atoms with Crippen LogP contribution in [-0.2, 0) is 0 Å². The third-order valence-electron chi connectivity index (χ3n) is 1.83. The zero-order valence-corrected chi connectivity index (χ0v) is 9.17. The number of nitrogens with zero attached hydrogens (tertiary/aromatic N) is 1. The van der Waals surface area contributed by atoms with E-state index in [2.05, 4.69) is 11.6 Å². The highest BCUT2D eigenvalue weighted by molar-refractivity contribution is 6.05. The first kappa shape index (κ1) is 12.6. The van der Waals surface area contributed by atoms with Crippen LogP contribution in [0.4, 0.5) is 0 Å². The van der Waals surface area contributed by atoms with Gasteiger partial charge in [-0.25, -0.2) is 0 Å². The van der Waals surface area contributed by atoms with Gasteiger partial charge in [0.25, 0.3) is 0 Å². The fourth-order valence-electron chi connectivity index (χ4n) is 1.17. The van der Waals surface area contributed by atoms with Crippen LogP contribution in [0.5, 0.6) is 0 Å². The van der Waals surface area contributed by atoms with Crippen LogP contribution in [0.2, 0.25) is 0 Å². The van der Waals surface area contributed by atoms with Gasteiger partial charge in [0.1, 0.15) is 0 Å². The van der Waals surface area contributed by atoms with Gasteiger partial charge in [0.05, 0.1) is 0 Å². The fourth-order valence-corrected chi connectivity index (χ4v) is 1.17. The van der Waals surface area contributed by atoms with E-state index in [1.807, 2.05) is 26.8 Å². The number of aliphatic imine (C=N–C) groups is 1. The van der Waals surface area contributed by atoms with Crippen molar-refractivity contribution in [3.63, 3.8) is 0 Å². The molecule has 0 aromatic heterocycles. The van der Waals surface area contributed by atoms with E-state index in [-0.39, 0.29) is 0 Å². The van der Waals surface area contributed by atoms with Crippen molar-refractivity contribution in [1.29, 1.82) is 5.41 Å². The highest BCUT2D eigenvalue weighted by atomic mass is 14.7. The highest BCUT2D eigenvalue weighted by Gasteiger charge is 2.05. The molecule has 0 saturated carbocycles. The van der Waals surface area contributed by atoms with E-state index in [4.69, 9.17) is 5.41 Å². The van der Waals surface area contributed by atoms with Crippen molar-refractivity contribution in [1.82, 2.24) is 0 Å². The third-order valence-corrected chi connectivity index (χ3v) is 1.83. The van der Waals surface area contributed by atoms with E-state index < -0.39 is 0 Å². The second-order valence-corrected chi connectivity index (χ2v) is 2.59. The van der Waals surface area contributed by atoms with Crippen molar-refractivity contribution in [2.45, 2.75) is 27.2 Å². The average molecular weight is 190 g/mol. The Morgan fingerprint density at radius 3 is 2.64 bits per heavy atom. The molecule has 0 aromatic rings. The van der Waals surface area contributed by atoms with Crippen molar-refractivity contribution >= 4 is 11.9 Å². The molecule has 0 amide bonds. The average Bonchev–Trinajstić information content (AvgIpc) is 2.42. The van der Waals surface area contributed by atoms with E-state index in [0.717, 1.165) is 23.3 Å². The summed E-state index contributed by atoms with van der Waals surface area (Å²) in [5, 5.41) is 7.20. The molecule has 1 rings (SSSR count). The largest absolute Gasteiger partial charge is 0.308 e. The van der Waals surface area contributed by atoms with Gasteiger partial charge < -0.3 is 5.41 Å². The predicted octanol–water partition coefficient (Wildman–Crippen LogP) is 3.52. The SMILES string of the molecule is C=CC1=C(C=N)CC=CN=C1C.CC. The lowest BCUT2D eigenvalue weighted by Gasteiger charge is -2.02. The van der Waals surface area contributed by atoms with Crippen LogP contribution in [-0.4, -0.2) is 11.9 Å². The number of hydrogen-bond acceptors (Lipinski definition) is 2. The first-order valence-electron chi connectivity index (χ1n) is 4.85. The zero-order valence-electron chi connectivity index (χ0n) is 9.17. The van der Waals surface area contributed by atoms with Crippen LogP contribution >= 0.6 is 0 Å². The molecule has 0 unspecified atom stereocenters. The number of hydrogen-bond donors (Lipinski definition) is 1. The molecule has 0 radical (unpaired) electrons. The van der Waals surface area contributed by atoms with Crippen LogP contribution in [0.3, 0.4) is 0 Å². The Bertz CT molecular complexity index is 293. The molecule has 0 aromatic carbocycles. The Morgan fingerprint density at radius 1 is 1.50 bits per heavy atom. The Kier molecular flexibility index (Phi) is 6.29. The maximum atomic E-state index is 7.20. The summed E-state index contributed by atoms with van der Waals surface area (Å²) in [6.45, 7) is 9.63. The standard InChI is InChI=1S/C10H12N2.C2H6/c1-3-10-8(2)12-6-4-5-9(10)7-11;1-2/h3-4,6-7,11H,1,5H2,2H3;1-2H3. The van der Waals surface area contributed by atoms with Crippen molar-refractivity contribution in [2.75, 3.05) is 0 Å². The third kappa shape index (κ3) is 3.13. The minimum absolute atomic E-state index is 0.770. The number of rotatable bonds is 2. The molecule has 2 nitrogen and oxygen atoms in total. The van der Waals surface area contributed by atoms with Crippen LogP contribution in [0.1, 0.15) is 27.2 Å². The summed E-state index contributed by atoms with van der Waals surface area (Å²) >= 11 is 0. The Labute approximate surface area is 86.3 Å². The molecule has 1 aliphatic heterocycles. The van der Waals surface area contributed by atoms with Crippen molar-refractivity contribution in [2.24, 2.45) is 4.99 Å². The second kappa shape index (κ2) is 7.01. The van der Waals surface area contributed by atoms with Gasteiger partial charge in [-0.1, -0.05) is 32.6 Å². The van der Waals surface area contributed by atoms with Gasteiger partial charge in [0, 0.05) is 23.7 Å². The Morgan fingerprint density at radius 2 is 2.14 bits per heavy atom. The lowest BCUT2D eigenvalue weighted by atomic mass is 10.0. The zero-order chi connectivity index (χ0) is 11.0. The van der Waals surface area contributed by atoms with E-state index >= 15 is 0 Å². The molecule has 0 spiro atoms. The molecule has 0 aliphatic carbocycles. The summed E-state index contributed by atoms with van der Waals surface area (Å²) in [6, 6.07) is 0. The van der Waals surface area contributed by atoms with Gasteiger partial charge in [0.15, 0.2) is 0 Å². The normalized spacial score (nSPS) is 14.9. The number of nitrogens with one attached hydrogen (secondary N) is 1. The molecular formula is C12H18N2. The Balaban J connectivity index is 0.000000791. The van der Waals surface area contributed by atoms with Crippen LogP contribution in [0.15, 0.2) is 41.1 Å². The molecule has 14 heavy (non-hydrogen) atoms. The molecule has 76 valence electrons. The molecule has 0 saturated heterocycles. The maximum absolute atomic E-state index is 7.20. The molecular weight excluding hydrogens is 172 g/mol. The summed E-state index contributed by atoms with van der Waals surface area (Å²) in [7, 11) is 0. The minimum Gasteiger partial charge on any atom is -0.308 e. The monoisotopic (exact) mass is 190 g/mol. The Hall–Kier alpha value is -1.44. The molecule has 0 bridgehead atoms. The summed E-state index contributed by atoms with van der Waals surface area (Å²) in [6.07, 6.45) is 7.61. The van der Waals surface area contributed by atoms with Gasteiger partial charge in [0.2, 0.25) is 0 Å². The van der Waals surface area contributed by atoms with Gasteiger partial charge in [-0.2, -0.15) is 0 Å². The lowest BCUT2D eigenvalue weighted by molar-refractivity contribution is 1.30. The smallest absolute Gasteiger partial charge is 0.0447 e. The quantitative estimate of drug-likeness (QED) is 0.647. The van der Waals surface area contributed by atoms with Gasteiger partial charge in [-0.15, -0.1) is 0 Å². The fraction of sp³-hybridized carbons (Fsp3) is 0.333. The van der Waals surface area contributed by atoms with E-state index in [9.17, 15) is 0 Å². The summed E-state index contributed by atoms with van der Waals surface area (Å²) in [4.78, 5) is 4.18. The molecule has 1 heterocycles. The van der Waals surface area contributed by atoms with Crippen LogP contribution < -0.4 is 0 Å². The van der Waals surface area contributed by atoms with Crippen molar-refractivity contribution < 1.29 is 0 Å². The van der Waals surface area contributed by atoms with Crippen LogP contribution in [0.25, 0.3) is 0 Å². The van der Waals surface area contributed by atoms with E-state index in [1.54, 1.807) is 12.3 Å². The molecule has 1 aliphatic rings. The molecule has 1 N–H and O–H groups in total. The maximum Gasteiger partial charge on any atom is 0.0447 e. The van der Waals surface area contributed by atoms with Crippen LogP contribution in [0, 0.1) is 5.41 Å². The first-order valence-corrected chi connectivity index (χ1v) is 4.85. The highest BCUT2D eigenvalue weighted by Crippen LogP contribution is 2.14. The molecule has 0 atom stereocenters. The summed E-state index contributed by atoms with van der Waals surface area (Å²) < 4.78 is 0. The van der Waals surface area contributed by atoms with Gasteiger partial charge >= 0.3 is 0 Å². The summed E-state index contributed by atoms with van der Waals surface area (Å²) in [5.41, 5.74) is 2.88. The second-order valence-electron chi connectivity index (χ2n) is 2.59. The minimum atomic E-state index is 0.770. The van der Waals surface area contributed by atoms with E-state index in [0.29, 0.717) is 0 Å². The van der Waals surface area contributed by atoms with Crippen molar-refractivity contribution in [3.8, 4) is 0 Å². The van der Waals surface area contributed by atoms with Gasteiger partial charge in [-0.05, 0) is 18.9 Å². The molecule has 2 heteroatoms. The number of allylic oxidation sites excluding steroid dienone is 4. The molecule has 0 fully saturated rings. The van der Waals surface area contributed by atoms with Gasteiger partial charge in [-0.3, -0.25) is 4.99 Å². The van der Waals surface area contributed by atoms with E-state index in [1.165, 1.54) is 6.21 Å². The summed E-state index contributed by atoms with van der Waals surface area (Å²) in [5.74, 6) is 0. The first-order chi connectivity index (χ1) is 6.79. The van der Waals surface area contributed by atoms with Crippen molar-refractivity contribution in [3.05, 3.63) is 36.1 Å². The predicted molar refractivity (Wildman–Crippen MR) is 64.2 cm³/mol.